The standard InChI is InChI=1S/C15H13BrClF2N/c1-2-20-15(11-7-9(16)3-5-13(11)17)12-8-10(18)4-6-14(12)19/h3-8,15,20H,2H2,1H3. The summed E-state index contributed by atoms with van der Waals surface area (Å²) in [5, 5.41) is 3.64. The zero-order valence-electron chi connectivity index (χ0n) is 10.8. The van der Waals surface area contributed by atoms with Gasteiger partial charge in [-0.25, -0.2) is 8.78 Å². The molecule has 0 aliphatic carbocycles. The van der Waals surface area contributed by atoms with Gasteiger partial charge in [-0.1, -0.05) is 34.5 Å². The highest BCUT2D eigenvalue weighted by Crippen LogP contribution is 2.32. The predicted octanol–water partition coefficient (Wildman–Crippen LogP) is 5.08. The summed E-state index contributed by atoms with van der Waals surface area (Å²) < 4.78 is 28.2. The molecule has 106 valence electrons. The van der Waals surface area contributed by atoms with Gasteiger partial charge in [0.1, 0.15) is 11.6 Å². The van der Waals surface area contributed by atoms with E-state index in [1.165, 1.54) is 6.07 Å². The Labute approximate surface area is 130 Å². The van der Waals surface area contributed by atoms with E-state index >= 15 is 0 Å². The molecular weight excluding hydrogens is 348 g/mol. The van der Waals surface area contributed by atoms with Crippen molar-refractivity contribution < 1.29 is 8.78 Å². The van der Waals surface area contributed by atoms with E-state index in [1.807, 2.05) is 6.92 Å². The first-order valence-corrected chi connectivity index (χ1v) is 7.33. The van der Waals surface area contributed by atoms with Crippen molar-refractivity contribution in [3.05, 3.63) is 68.7 Å². The van der Waals surface area contributed by atoms with Gasteiger partial charge in [-0.3, -0.25) is 0 Å². The zero-order valence-corrected chi connectivity index (χ0v) is 13.1. The quantitative estimate of drug-likeness (QED) is 0.802. The molecule has 0 bridgehead atoms. The Bertz CT molecular complexity index is 567. The molecule has 0 saturated carbocycles. The number of benzene rings is 2. The maximum Gasteiger partial charge on any atom is 0.128 e. The molecule has 0 heterocycles. The largest absolute Gasteiger partial charge is 0.306 e. The number of halogens is 4. The molecule has 1 N–H and O–H groups in total. The molecule has 0 spiro atoms. The zero-order chi connectivity index (χ0) is 14.7. The number of nitrogens with one attached hydrogen (secondary N) is 1. The van der Waals surface area contributed by atoms with Crippen LogP contribution in [0.2, 0.25) is 5.02 Å². The highest BCUT2D eigenvalue weighted by Gasteiger charge is 2.20. The predicted molar refractivity (Wildman–Crippen MR) is 81.0 cm³/mol. The van der Waals surface area contributed by atoms with E-state index in [4.69, 9.17) is 11.6 Å². The molecule has 1 nitrogen and oxygen atoms in total. The number of hydrogen-bond acceptors (Lipinski definition) is 1. The Balaban J connectivity index is 2.55. The van der Waals surface area contributed by atoms with Crippen LogP contribution in [-0.4, -0.2) is 6.54 Å². The molecule has 2 rings (SSSR count). The van der Waals surface area contributed by atoms with Crippen molar-refractivity contribution in [1.29, 1.82) is 0 Å². The van der Waals surface area contributed by atoms with Crippen molar-refractivity contribution in [2.75, 3.05) is 6.54 Å². The SMILES string of the molecule is CCNC(c1cc(F)ccc1F)c1cc(Br)ccc1Cl. The molecular formula is C15H13BrClF2N. The van der Waals surface area contributed by atoms with E-state index in [-0.39, 0.29) is 5.56 Å². The summed E-state index contributed by atoms with van der Waals surface area (Å²) in [6.07, 6.45) is 0. The first-order chi connectivity index (χ1) is 9.52. The summed E-state index contributed by atoms with van der Waals surface area (Å²) in [6.45, 7) is 2.50. The minimum absolute atomic E-state index is 0.242. The smallest absolute Gasteiger partial charge is 0.128 e. The van der Waals surface area contributed by atoms with Crippen LogP contribution < -0.4 is 5.32 Å². The highest BCUT2D eigenvalue weighted by atomic mass is 79.9. The highest BCUT2D eigenvalue weighted by molar-refractivity contribution is 9.10. The normalized spacial score (nSPS) is 12.4. The van der Waals surface area contributed by atoms with Crippen LogP contribution in [0.5, 0.6) is 0 Å². The van der Waals surface area contributed by atoms with Gasteiger partial charge < -0.3 is 5.32 Å². The van der Waals surface area contributed by atoms with Gasteiger partial charge in [-0.2, -0.15) is 0 Å². The third-order valence-corrected chi connectivity index (χ3v) is 3.78. The molecule has 5 heteroatoms. The summed E-state index contributed by atoms with van der Waals surface area (Å²) >= 11 is 9.56. The van der Waals surface area contributed by atoms with Crippen LogP contribution in [0, 0.1) is 11.6 Å². The second-order valence-corrected chi connectivity index (χ2v) is 5.65. The van der Waals surface area contributed by atoms with Gasteiger partial charge in [0.15, 0.2) is 0 Å². The van der Waals surface area contributed by atoms with Gasteiger partial charge in [0.25, 0.3) is 0 Å². The molecule has 0 fully saturated rings. The Hall–Kier alpha value is -0.970. The fraction of sp³-hybridized carbons (Fsp3) is 0.200. The molecule has 2 aromatic carbocycles. The topological polar surface area (TPSA) is 12.0 Å². The van der Waals surface area contributed by atoms with E-state index in [2.05, 4.69) is 21.2 Å². The van der Waals surface area contributed by atoms with Crippen molar-refractivity contribution in [2.45, 2.75) is 13.0 Å². The lowest BCUT2D eigenvalue weighted by Gasteiger charge is -2.21. The van der Waals surface area contributed by atoms with Crippen LogP contribution in [0.25, 0.3) is 0 Å². The summed E-state index contributed by atoms with van der Waals surface area (Å²) in [5.41, 5.74) is 0.944. The second kappa shape index (κ2) is 6.66. The Kier molecular flexibility index (Phi) is 5.13. The molecule has 2 aromatic rings. The summed E-state index contributed by atoms with van der Waals surface area (Å²) in [4.78, 5) is 0. The first kappa shape index (κ1) is 15.4. The summed E-state index contributed by atoms with van der Waals surface area (Å²) in [6, 6.07) is 8.26. The molecule has 0 amide bonds. The lowest BCUT2D eigenvalue weighted by molar-refractivity contribution is 0.545. The Morgan fingerprint density at radius 2 is 1.90 bits per heavy atom. The summed E-state index contributed by atoms with van der Waals surface area (Å²) in [5.74, 6) is -0.941. The monoisotopic (exact) mass is 359 g/mol. The van der Waals surface area contributed by atoms with Gasteiger partial charge >= 0.3 is 0 Å². The van der Waals surface area contributed by atoms with Gasteiger partial charge in [0.05, 0.1) is 6.04 Å². The fourth-order valence-corrected chi connectivity index (χ4v) is 2.67. The lowest BCUT2D eigenvalue weighted by atomic mass is 9.98. The Morgan fingerprint density at radius 1 is 1.15 bits per heavy atom. The van der Waals surface area contributed by atoms with Crippen LogP contribution in [0.15, 0.2) is 40.9 Å². The van der Waals surface area contributed by atoms with Gasteiger partial charge in [-0.05, 0) is 48.5 Å². The van der Waals surface area contributed by atoms with E-state index < -0.39 is 17.7 Å². The third kappa shape index (κ3) is 3.37. The molecule has 0 aliphatic rings. The average molecular weight is 361 g/mol. The van der Waals surface area contributed by atoms with Crippen molar-refractivity contribution in [2.24, 2.45) is 0 Å². The molecule has 1 atom stereocenters. The van der Waals surface area contributed by atoms with Crippen LogP contribution in [0.1, 0.15) is 24.1 Å². The van der Waals surface area contributed by atoms with Crippen LogP contribution in [0.4, 0.5) is 8.78 Å². The molecule has 0 saturated heterocycles. The first-order valence-electron chi connectivity index (χ1n) is 6.16. The van der Waals surface area contributed by atoms with Gasteiger partial charge in [0, 0.05) is 15.1 Å². The van der Waals surface area contributed by atoms with Crippen molar-refractivity contribution >= 4 is 27.5 Å². The van der Waals surface area contributed by atoms with Crippen molar-refractivity contribution in [3.8, 4) is 0 Å². The van der Waals surface area contributed by atoms with E-state index in [0.717, 1.165) is 16.6 Å². The maximum atomic E-state index is 14.0. The van der Waals surface area contributed by atoms with E-state index in [0.29, 0.717) is 17.1 Å². The van der Waals surface area contributed by atoms with E-state index in [9.17, 15) is 8.78 Å². The molecule has 0 aromatic heterocycles. The van der Waals surface area contributed by atoms with Crippen molar-refractivity contribution in [3.63, 3.8) is 0 Å². The lowest BCUT2D eigenvalue weighted by Crippen LogP contribution is -2.23. The number of rotatable bonds is 4. The molecule has 0 aliphatic heterocycles. The van der Waals surface area contributed by atoms with Crippen LogP contribution in [0.3, 0.4) is 0 Å². The second-order valence-electron chi connectivity index (χ2n) is 4.32. The van der Waals surface area contributed by atoms with Crippen LogP contribution >= 0.6 is 27.5 Å². The Morgan fingerprint density at radius 3 is 2.60 bits per heavy atom. The molecule has 1 unspecified atom stereocenters. The third-order valence-electron chi connectivity index (χ3n) is 2.95. The molecule has 20 heavy (non-hydrogen) atoms. The van der Waals surface area contributed by atoms with E-state index in [1.54, 1.807) is 18.2 Å². The average Bonchev–Trinajstić information content (AvgIpc) is 2.42. The molecule has 0 radical (unpaired) electrons. The van der Waals surface area contributed by atoms with Gasteiger partial charge in [0.2, 0.25) is 0 Å². The van der Waals surface area contributed by atoms with Crippen LogP contribution in [-0.2, 0) is 0 Å². The summed E-state index contributed by atoms with van der Waals surface area (Å²) in [7, 11) is 0. The fourth-order valence-electron chi connectivity index (χ4n) is 2.06. The van der Waals surface area contributed by atoms with Crippen molar-refractivity contribution in [1.82, 2.24) is 5.32 Å². The maximum absolute atomic E-state index is 14.0. The minimum atomic E-state index is -0.499. The number of hydrogen-bond donors (Lipinski definition) is 1. The minimum Gasteiger partial charge on any atom is -0.306 e. The van der Waals surface area contributed by atoms with Gasteiger partial charge in [-0.15, -0.1) is 0 Å².